The van der Waals surface area contributed by atoms with Crippen molar-refractivity contribution < 1.29 is 19.8 Å². The number of ketones is 2. The highest BCUT2D eigenvalue weighted by Crippen LogP contribution is 2.35. The van der Waals surface area contributed by atoms with E-state index in [0.29, 0.717) is 23.1 Å². The largest absolute Gasteiger partial charge is 0.507 e. The first kappa shape index (κ1) is 22.4. The lowest BCUT2D eigenvalue weighted by molar-refractivity contribution is 0.0246. The van der Waals surface area contributed by atoms with E-state index >= 15 is 0 Å². The predicted molar refractivity (Wildman–Crippen MR) is 122 cm³/mol. The first-order chi connectivity index (χ1) is 14.7. The number of rotatable bonds is 7. The van der Waals surface area contributed by atoms with Gasteiger partial charge >= 0.3 is 0 Å². The van der Waals surface area contributed by atoms with Crippen molar-refractivity contribution >= 4 is 11.6 Å². The number of benzene rings is 3. The van der Waals surface area contributed by atoms with Crippen LogP contribution >= 0.6 is 0 Å². The Kier molecular flexibility index (Phi) is 6.42. The van der Waals surface area contributed by atoms with Crippen LogP contribution in [0.5, 0.6) is 5.75 Å². The maximum atomic E-state index is 13.6. The molecule has 0 radical (unpaired) electrons. The molecule has 3 aromatic rings. The first-order valence-corrected chi connectivity index (χ1v) is 10.4. The molecule has 160 valence electrons. The number of phenols is 1. The SMILES string of the molecule is CCc1cccc(C(=O)C(O)(CC(=O)c2c(C)cc(C)cc2C)c2ccccc2)c1O. The summed E-state index contributed by atoms with van der Waals surface area (Å²) in [4.78, 5) is 26.9. The van der Waals surface area contributed by atoms with E-state index in [1.807, 2.05) is 39.8 Å². The number of phenolic OH excluding ortho intramolecular Hbond substituents is 1. The van der Waals surface area contributed by atoms with Gasteiger partial charge in [-0.25, -0.2) is 0 Å². The highest BCUT2D eigenvalue weighted by atomic mass is 16.3. The highest BCUT2D eigenvalue weighted by Gasteiger charge is 2.42. The average molecular weight is 417 g/mol. The molecule has 3 aromatic carbocycles. The van der Waals surface area contributed by atoms with Gasteiger partial charge in [0, 0.05) is 5.56 Å². The van der Waals surface area contributed by atoms with Crippen LogP contribution in [0, 0.1) is 20.8 Å². The molecule has 0 aromatic heterocycles. The summed E-state index contributed by atoms with van der Waals surface area (Å²) >= 11 is 0. The van der Waals surface area contributed by atoms with Gasteiger partial charge in [-0.2, -0.15) is 0 Å². The monoisotopic (exact) mass is 416 g/mol. The molecule has 31 heavy (non-hydrogen) atoms. The fourth-order valence-corrected chi connectivity index (χ4v) is 4.25. The van der Waals surface area contributed by atoms with Crippen molar-refractivity contribution in [2.75, 3.05) is 0 Å². The molecule has 0 saturated carbocycles. The lowest BCUT2D eigenvalue weighted by Crippen LogP contribution is -2.38. The first-order valence-electron chi connectivity index (χ1n) is 10.4. The van der Waals surface area contributed by atoms with Gasteiger partial charge in [0.1, 0.15) is 5.75 Å². The smallest absolute Gasteiger partial charge is 0.203 e. The van der Waals surface area contributed by atoms with E-state index in [-0.39, 0.29) is 17.1 Å². The molecule has 1 atom stereocenters. The third kappa shape index (κ3) is 4.30. The molecule has 0 saturated heterocycles. The standard InChI is InChI=1S/C27H28O4/c1-5-20-10-9-13-22(25(20)29)26(30)27(31,21-11-7-6-8-12-21)16-23(28)24-18(3)14-17(2)15-19(24)4/h6-15,29,31H,5,16H2,1-4H3. The van der Waals surface area contributed by atoms with Gasteiger partial charge in [-0.05, 0) is 55.5 Å². The van der Waals surface area contributed by atoms with Crippen molar-refractivity contribution in [3.63, 3.8) is 0 Å². The second kappa shape index (κ2) is 8.86. The zero-order chi connectivity index (χ0) is 22.8. The number of aromatic hydroxyl groups is 1. The van der Waals surface area contributed by atoms with Gasteiger partial charge < -0.3 is 10.2 Å². The summed E-state index contributed by atoms with van der Waals surface area (Å²) in [6.07, 6.45) is 0.119. The van der Waals surface area contributed by atoms with Gasteiger partial charge in [0.2, 0.25) is 5.78 Å². The Morgan fingerprint density at radius 2 is 1.52 bits per heavy atom. The molecule has 2 N–H and O–H groups in total. The van der Waals surface area contributed by atoms with Crippen molar-refractivity contribution in [3.8, 4) is 5.75 Å². The van der Waals surface area contributed by atoms with Gasteiger partial charge in [-0.3, -0.25) is 9.59 Å². The number of aryl methyl sites for hydroxylation is 4. The van der Waals surface area contributed by atoms with Crippen LogP contribution in [-0.2, 0) is 12.0 Å². The zero-order valence-electron chi connectivity index (χ0n) is 18.4. The third-order valence-electron chi connectivity index (χ3n) is 5.74. The van der Waals surface area contributed by atoms with Gasteiger partial charge in [0.25, 0.3) is 0 Å². The second-order valence-electron chi connectivity index (χ2n) is 8.10. The molecule has 4 nitrogen and oxygen atoms in total. The van der Waals surface area contributed by atoms with Gasteiger partial charge in [-0.15, -0.1) is 0 Å². The van der Waals surface area contributed by atoms with E-state index in [2.05, 4.69) is 0 Å². The third-order valence-corrected chi connectivity index (χ3v) is 5.74. The number of hydrogen-bond donors (Lipinski definition) is 2. The fourth-order valence-electron chi connectivity index (χ4n) is 4.25. The zero-order valence-corrected chi connectivity index (χ0v) is 18.4. The highest BCUT2D eigenvalue weighted by molar-refractivity contribution is 6.09. The van der Waals surface area contributed by atoms with E-state index in [0.717, 1.165) is 16.7 Å². The molecule has 0 heterocycles. The van der Waals surface area contributed by atoms with Crippen LogP contribution in [-0.4, -0.2) is 21.8 Å². The minimum absolute atomic E-state index is 0.0100. The Balaban J connectivity index is 2.12. The minimum Gasteiger partial charge on any atom is -0.507 e. The number of para-hydroxylation sites is 1. The van der Waals surface area contributed by atoms with Gasteiger partial charge in [-0.1, -0.05) is 67.1 Å². The Morgan fingerprint density at radius 3 is 2.10 bits per heavy atom. The molecule has 3 rings (SSSR count). The summed E-state index contributed by atoms with van der Waals surface area (Å²) in [5.74, 6) is -1.16. The van der Waals surface area contributed by atoms with E-state index in [4.69, 9.17) is 0 Å². The molecule has 0 amide bonds. The van der Waals surface area contributed by atoms with Crippen molar-refractivity contribution in [1.29, 1.82) is 0 Å². The van der Waals surface area contributed by atoms with E-state index in [1.165, 1.54) is 6.07 Å². The van der Waals surface area contributed by atoms with Crippen molar-refractivity contribution in [3.05, 3.63) is 99.6 Å². The van der Waals surface area contributed by atoms with E-state index < -0.39 is 17.8 Å². The normalized spacial score (nSPS) is 12.9. The minimum atomic E-state index is -2.11. The van der Waals surface area contributed by atoms with Crippen LogP contribution in [0.1, 0.15) is 61.9 Å². The second-order valence-corrected chi connectivity index (χ2v) is 8.10. The maximum absolute atomic E-state index is 13.6. The lowest BCUT2D eigenvalue weighted by atomic mass is 9.79. The Morgan fingerprint density at radius 1 is 0.903 bits per heavy atom. The summed E-state index contributed by atoms with van der Waals surface area (Å²) in [5, 5.41) is 22.3. The van der Waals surface area contributed by atoms with Crippen LogP contribution in [0.4, 0.5) is 0 Å². The molecular formula is C27H28O4. The van der Waals surface area contributed by atoms with Crippen molar-refractivity contribution in [1.82, 2.24) is 0 Å². The number of Topliss-reactive ketones (excluding diaryl/α,β-unsaturated/α-hetero) is 2. The topological polar surface area (TPSA) is 74.6 Å². The van der Waals surface area contributed by atoms with E-state index in [1.54, 1.807) is 42.5 Å². The lowest BCUT2D eigenvalue weighted by Gasteiger charge is -2.28. The number of carbonyl (C=O) groups excluding carboxylic acids is 2. The Hall–Kier alpha value is -3.24. The molecular weight excluding hydrogens is 388 g/mol. The number of aliphatic hydroxyl groups is 1. The quantitative estimate of drug-likeness (QED) is 0.518. The Labute approximate surface area is 183 Å². The molecule has 0 fully saturated rings. The van der Waals surface area contributed by atoms with Crippen LogP contribution in [0.25, 0.3) is 0 Å². The molecule has 0 spiro atoms. The van der Waals surface area contributed by atoms with Crippen LogP contribution < -0.4 is 0 Å². The van der Waals surface area contributed by atoms with Gasteiger partial charge in [0.05, 0.1) is 12.0 Å². The van der Waals surface area contributed by atoms with Crippen LogP contribution in [0.3, 0.4) is 0 Å². The summed E-state index contributed by atoms with van der Waals surface area (Å²) in [6, 6.07) is 17.2. The van der Waals surface area contributed by atoms with Gasteiger partial charge in [0.15, 0.2) is 11.4 Å². The van der Waals surface area contributed by atoms with Crippen molar-refractivity contribution in [2.24, 2.45) is 0 Å². The molecule has 4 heteroatoms. The predicted octanol–water partition coefficient (Wildman–Crippen LogP) is 5.22. The molecule has 0 aliphatic carbocycles. The van der Waals surface area contributed by atoms with Crippen molar-refractivity contribution in [2.45, 2.75) is 46.1 Å². The summed E-state index contributed by atoms with van der Waals surface area (Å²) < 4.78 is 0. The molecule has 1 unspecified atom stereocenters. The maximum Gasteiger partial charge on any atom is 0.203 e. The number of carbonyl (C=O) groups is 2. The van der Waals surface area contributed by atoms with E-state index in [9.17, 15) is 19.8 Å². The molecule has 0 bridgehead atoms. The summed E-state index contributed by atoms with van der Waals surface area (Å²) in [5.41, 5.74) is 2.00. The molecule has 0 aliphatic rings. The fraction of sp³-hybridized carbons (Fsp3) is 0.259. The Bertz CT molecular complexity index is 1110. The molecule has 0 aliphatic heterocycles. The average Bonchev–Trinajstić information content (AvgIpc) is 2.73. The summed E-state index contributed by atoms with van der Waals surface area (Å²) in [6.45, 7) is 7.54. The van der Waals surface area contributed by atoms with Crippen LogP contribution in [0.2, 0.25) is 0 Å². The number of hydrogen-bond acceptors (Lipinski definition) is 4. The summed E-state index contributed by atoms with van der Waals surface area (Å²) in [7, 11) is 0. The van der Waals surface area contributed by atoms with Crippen LogP contribution in [0.15, 0.2) is 60.7 Å².